The second-order valence-corrected chi connectivity index (χ2v) is 6.44. The smallest absolute Gasteiger partial charge is 0.326 e. The molecule has 0 aromatic rings. The van der Waals surface area contributed by atoms with Crippen LogP contribution in [-0.4, -0.2) is 62.1 Å². The molecule has 0 rings (SSSR count). The molecule has 7 nitrogen and oxygen atoms in total. The van der Waals surface area contributed by atoms with Crippen LogP contribution in [0.25, 0.3) is 0 Å². The first-order chi connectivity index (χ1) is 8.17. The SMILES string of the molecule is CCC[C@@H](NC(=O)N(C)CCS(C)(=O)=O)C(=O)O. The Balaban J connectivity index is 4.33. The summed E-state index contributed by atoms with van der Waals surface area (Å²) in [5.74, 6) is -1.25. The van der Waals surface area contributed by atoms with Crippen molar-refractivity contribution in [3.8, 4) is 0 Å². The molecule has 2 N–H and O–H groups in total. The molecular weight excluding hydrogens is 260 g/mol. The van der Waals surface area contributed by atoms with Crippen molar-refractivity contribution in [2.75, 3.05) is 25.6 Å². The summed E-state index contributed by atoms with van der Waals surface area (Å²) >= 11 is 0. The van der Waals surface area contributed by atoms with Gasteiger partial charge >= 0.3 is 12.0 Å². The van der Waals surface area contributed by atoms with Crippen LogP contribution in [0.5, 0.6) is 0 Å². The van der Waals surface area contributed by atoms with E-state index in [1.54, 1.807) is 0 Å². The van der Waals surface area contributed by atoms with Crippen LogP contribution in [0, 0.1) is 0 Å². The van der Waals surface area contributed by atoms with E-state index in [0.717, 1.165) is 11.2 Å². The lowest BCUT2D eigenvalue weighted by atomic mass is 10.2. The average molecular weight is 280 g/mol. The number of urea groups is 1. The van der Waals surface area contributed by atoms with Crippen LogP contribution in [0.3, 0.4) is 0 Å². The number of hydrogen-bond acceptors (Lipinski definition) is 4. The molecule has 0 saturated carbocycles. The number of sulfone groups is 1. The highest BCUT2D eigenvalue weighted by Crippen LogP contribution is 1.98. The van der Waals surface area contributed by atoms with E-state index in [1.165, 1.54) is 7.05 Å². The van der Waals surface area contributed by atoms with Crippen LogP contribution in [0.1, 0.15) is 19.8 Å². The molecule has 8 heteroatoms. The molecule has 0 aliphatic carbocycles. The Morgan fingerprint density at radius 2 is 1.94 bits per heavy atom. The van der Waals surface area contributed by atoms with Gasteiger partial charge in [-0.3, -0.25) is 0 Å². The van der Waals surface area contributed by atoms with Crippen LogP contribution in [0.2, 0.25) is 0 Å². The van der Waals surface area contributed by atoms with Gasteiger partial charge in [0.15, 0.2) is 0 Å². The number of rotatable bonds is 7. The summed E-state index contributed by atoms with van der Waals surface area (Å²) in [7, 11) is -1.72. The van der Waals surface area contributed by atoms with Crippen LogP contribution in [0.4, 0.5) is 4.79 Å². The molecular formula is C10H20N2O5S. The van der Waals surface area contributed by atoms with Gasteiger partial charge in [0.05, 0.1) is 5.75 Å². The van der Waals surface area contributed by atoms with Gasteiger partial charge in [0, 0.05) is 19.8 Å². The minimum Gasteiger partial charge on any atom is -0.480 e. The number of hydrogen-bond donors (Lipinski definition) is 2. The van der Waals surface area contributed by atoms with Crippen LogP contribution >= 0.6 is 0 Å². The zero-order valence-corrected chi connectivity index (χ0v) is 11.7. The molecule has 0 unspecified atom stereocenters. The van der Waals surface area contributed by atoms with Gasteiger partial charge in [0.2, 0.25) is 0 Å². The van der Waals surface area contributed by atoms with Crippen molar-refractivity contribution >= 4 is 21.8 Å². The number of carboxylic acids is 1. The van der Waals surface area contributed by atoms with E-state index in [-0.39, 0.29) is 12.3 Å². The van der Waals surface area contributed by atoms with Crippen LogP contribution in [-0.2, 0) is 14.6 Å². The molecule has 2 amide bonds. The molecule has 18 heavy (non-hydrogen) atoms. The molecule has 0 aromatic heterocycles. The minimum atomic E-state index is -3.15. The fourth-order valence-corrected chi connectivity index (χ4v) is 1.82. The zero-order valence-electron chi connectivity index (χ0n) is 10.8. The number of carbonyl (C=O) groups is 2. The largest absolute Gasteiger partial charge is 0.480 e. The van der Waals surface area contributed by atoms with Gasteiger partial charge in [-0.25, -0.2) is 18.0 Å². The molecule has 0 aromatic carbocycles. The third kappa shape index (κ3) is 7.10. The lowest BCUT2D eigenvalue weighted by molar-refractivity contribution is -0.139. The van der Waals surface area contributed by atoms with Crippen LogP contribution < -0.4 is 5.32 Å². The Hall–Kier alpha value is -1.31. The maximum Gasteiger partial charge on any atom is 0.326 e. The van der Waals surface area contributed by atoms with Crippen molar-refractivity contribution in [3.63, 3.8) is 0 Å². The highest BCUT2D eigenvalue weighted by Gasteiger charge is 2.21. The lowest BCUT2D eigenvalue weighted by Crippen LogP contribution is -2.47. The molecule has 0 spiro atoms. The van der Waals surface area contributed by atoms with Crippen molar-refractivity contribution in [1.82, 2.24) is 10.2 Å². The van der Waals surface area contributed by atoms with E-state index in [4.69, 9.17) is 5.11 Å². The number of carboxylic acid groups (broad SMARTS) is 1. The highest BCUT2D eigenvalue weighted by atomic mass is 32.2. The third-order valence-electron chi connectivity index (χ3n) is 2.32. The lowest BCUT2D eigenvalue weighted by Gasteiger charge is -2.20. The summed E-state index contributed by atoms with van der Waals surface area (Å²) in [5, 5.41) is 11.2. The quantitative estimate of drug-likeness (QED) is 0.679. The van der Waals surface area contributed by atoms with Gasteiger partial charge in [-0.05, 0) is 6.42 Å². The molecule has 106 valence electrons. The van der Waals surface area contributed by atoms with Gasteiger partial charge in [-0.1, -0.05) is 13.3 Å². The Labute approximate surface area is 107 Å². The normalized spacial score (nSPS) is 12.8. The number of aliphatic carboxylic acids is 1. The minimum absolute atomic E-state index is 0.0309. The standard InChI is InChI=1S/C10H20N2O5S/c1-4-5-8(9(13)14)11-10(15)12(2)6-7-18(3,16)17/h8H,4-7H2,1-3H3,(H,11,15)(H,13,14)/t8-/m1/s1. The van der Waals surface area contributed by atoms with Gasteiger partial charge < -0.3 is 15.3 Å². The second-order valence-electron chi connectivity index (χ2n) is 4.18. The van der Waals surface area contributed by atoms with Crippen molar-refractivity contribution in [1.29, 1.82) is 0 Å². The molecule has 0 aliphatic rings. The monoisotopic (exact) mass is 280 g/mol. The summed E-state index contributed by atoms with van der Waals surface area (Å²) < 4.78 is 21.9. The first-order valence-corrected chi connectivity index (χ1v) is 7.65. The van der Waals surface area contributed by atoms with Gasteiger partial charge in [0.1, 0.15) is 15.9 Å². The van der Waals surface area contributed by atoms with Crippen LogP contribution in [0.15, 0.2) is 0 Å². The first-order valence-electron chi connectivity index (χ1n) is 5.59. The Kier molecular flexibility index (Phi) is 6.67. The van der Waals surface area contributed by atoms with Gasteiger partial charge in [0.25, 0.3) is 0 Å². The Bertz CT molecular complexity index is 393. The topological polar surface area (TPSA) is 104 Å². The van der Waals surface area contributed by atoms with Crippen molar-refractivity contribution in [2.45, 2.75) is 25.8 Å². The van der Waals surface area contributed by atoms with Gasteiger partial charge in [-0.2, -0.15) is 0 Å². The van der Waals surface area contributed by atoms with E-state index in [2.05, 4.69) is 5.32 Å². The fourth-order valence-electron chi connectivity index (χ4n) is 1.21. The molecule has 0 aliphatic heterocycles. The summed E-state index contributed by atoms with van der Waals surface area (Å²) in [6, 6.07) is -1.53. The maximum atomic E-state index is 11.6. The summed E-state index contributed by atoms with van der Waals surface area (Å²) in [6.45, 7) is 1.85. The van der Waals surface area contributed by atoms with Gasteiger partial charge in [-0.15, -0.1) is 0 Å². The number of carbonyl (C=O) groups excluding carboxylic acids is 1. The summed E-state index contributed by atoms with van der Waals surface area (Å²) in [6.07, 6.45) is 2.04. The number of amides is 2. The number of nitrogens with one attached hydrogen (secondary N) is 1. The molecule has 0 heterocycles. The molecule has 0 bridgehead atoms. The van der Waals surface area contributed by atoms with E-state index in [1.807, 2.05) is 6.92 Å². The Morgan fingerprint density at radius 3 is 2.33 bits per heavy atom. The van der Waals surface area contributed by atoms with E-state index >= 15 is 0 Å². The summed E-state index contributed by atoms with van der Waals surface area (Å²) in [4.78, 5) is 23.6. The Morgan fingerprint density at radius 1 is 1.39 bits per heavy atom. The maximum absolute atomic E-state index is 11.6. The molecule has 0 radical (unpaired) electrons. The zero-order chi connectivity index (χ0) is 14.3. The fraction of sp³-hybridized carbons (Fsp3) is 0.800. The van der Waals surface area contributed by atoms with Crippen molar-refractivity contribution in [3.05, 3.63) is 0 Å². The average Bonchev–Trinajstić information content (AvgIpc) is 2.23. The first kappa shape index (κ1) is 16.7. The molecule has 0 fully saturated rings. The molecule has 0 saturated heterocycles. The third-order valence-corrected chi connectivity index (χ3v) is 3.24. The van der Waals surface area contributed by atoms with E-state index in [9.17, 15) is 18.0 Å². The van der Waals surface area contributed by atoms with Crippen molar-refractivity contribution < 1.29 is 23.1 Å². The van der Waals surface area contributed by atoms with E-state index < -0.39 is 27.9 Å². The van der Waals surface area contributed by atoms with Crippen molar-refractivity contribution in [2.24, 2.45) is 0 Å². The van der Waals surface area contributed by atoms with E-state index in [0.29, 0.717) is 12.8 Å². The second kappa shape index (κ2) is 7.20. The summed E-state index contributed by atoms with van der Waals surface area (Å²) in [5.41, 5.74) is 0. The predicted molar refractivity (Wildman–Crippen MR) is 67.2 cm³/mol. The predicted octanol–water partition coefficient (Wildman–Crippen LogP) is -0.0743. The molecule has 1 atom stereocenters. The highest BCUT2D eigenvalue weighted by molar-refractivity contribution is 7.90. The number of nitrogens with zero attached hydrogens (tertiary/aromatic N) is 1.